The number of hydrogen-bond donors (Lipinski definition) is 2. The van der Waals surface area contributed by atoms with Gasteiger partial charge in [0.15, 0.2) is 0 Å². The van der Waals surface area contributed by atoms with Crippen LogP contribution in [0.5, 0.6) is 0 Å². The average molecular weight is 888 g/mol. The van der Waals surface area contributed by atoms with Gasteiger partial charge in [0, 0.05) is 19.6 Å². The van der Waals surface area contributed by atoms with E-state index in [2.05, 4.69) is 13.8 Å². The lowest BCUT2D eigenvalue weighted by atomic mass is 10.0. The van der Waals surface area contributed by atoms with E-state index in [0.29, 0.717) is 13.0 Å². The van der Waals surface area contributed by atoms with E-state index in [9.17, 15) is 14.3 Å². The molecule has 61 heavy (non-hydrogen) atoms. The third kappa shape index (κ3) is 50.4. The highest BCUT2D eigenvalue weighted by Gasteiger charge is 2.25. The summed E-state index contributed by atoms with van der Waals surface area (Å²) in [6, 6.07) is 0. The van der Waals surface area contributed by atoms with E-state index < -0.39 is 13.9 Å². The van der Waals surface area contributed by atoms with Gasteiger partial charge >= 0.3 is 13.8 Å². The number of hydrogen-bond acceptors (Lipinski definition) is 7. The summed E-state index contributed by atoms with van der Waals surface area (Å²) in [5, 5.41) is 0. The van der Waals surface area contributed by atoms with Crippen molar-refractivity contribution in [2.45, 2.75) is 296 Å². The van der Waals surface area contributed by atoms with Crippen LogP contribution in [0.1, 0.15) is 290 Å². The smallest absolute Gasteiger partial charge is 0.457 e. The first-order valence-electron chi connectivity index (χ1n) is 27.0. The Morgan fingerprint density at radius 2 is 0.721 bits per heavy atom. The van der Waals surface area contributed by atoms with Crippen LogP contribution in [0.2, 0.25) is 0 Å². The predicted octanol–water partition coefficient (Wildman–Crippen LogP) is 16.8. The molecule has 0 bridgehead atoms. The third-order valence-electron chi connectivity index (χ3n) is 12.3. The molecule has 0 aromatic heterocycles. The van der Waals surface area contributed by atoms with Gasteiger partial charge in [-0.15, -0.1) is 0 Å². The van der Waals surface area contributed by atoms with Gasteiger partial charge < -0.3 is 20.1 Å². The van der Waals surface area contributed by atoms with Crippen LogP contribution in [-0.4, -0.2) is 49.9 Å². The second-order valence-electron chi connectivity index (χ2n) is 18.5. The minimum Gasteiger partial charge on any atom is -0.457 e. The van der Waals surface area contributed by atoms with Crippen LogP contribution in [0, 0.1) is 0 Å². The molecule has 0 spiro atoms. The normalized spacial score (nSPS) is 13.2. The molecule has 0 aliphatic heterocycles. The topological polar surface area (TPSA) is 117 Å². The Balaban J connectivity index is 3.85. The molecular formula is C52H106NO7P. The fraction of sp³-hybridized carbons (Fsp3) is 0.981. The molecule has 0 radical (unpaired) electrons. The Labute approximate surface area is 380 Å². The van der Waals surface area contributed by atoms with Crippen LogP contribution in [-0.2, 0) is 27.9 Å². The molecule has 0 heterocycles. The van der Waals surface area contributed by atoms with Gasteiger partial charge in [-0.1, -0.05) is 271 Å². The molecule has 366 valence electrons. The fourth-order valence-electron chi connectivity index (χ4n) is 8.30. The minimum atomic E-state index is -4.28. The van der Waals surface area contributed by atoms with E-state index >= 15 is 0 Å². The molecule has 0 saturated carbocycles. The lowest BCUT2D eigenvalue weighted by Gasteiger charge is -2.20. The molecule has 8 nitrogen and oxygen atoms in total. The van der Waals surface area contributed by atoms with E-state index in [1.165, 1.54) is 238 Å². The number of ether oxygens (including phenoxy) is 2. The van der Waals surface area contributed by atoms with Crippen molar-refractivity contribution in [2.75, 3.05) is 33.0 Å². The van der Waals surface area contributed by atoms with E-state index in [4.69, 9.17) is 24.3 Å². The Morgan fingerprint density at radius 3 is 1.03 bits per heavy atom. The molecule has 3 N–H and O–H groups in total. The van der Waals surface area contributed by atoms with Crippen LogP contribution in [0.3, 0.4) is 0 Å². The molecule has 0 aliphatic rings. The highest BCUT2D eigenvalue weighted by atomic mass is 31.2. The second kappa shape index (κ2) is 50.5. The van der Waals surface area contributed by atoms with Crippen molar-refractivity contribution < 1.29 is 32.8 Å². The van der Waals surface area contributed by atoms with E-state index in [-0.39, 0.29) is 32.3 Å². The highest BCUT2D eigenvalue weighted by Crippen LogP contribution is 2.43. The number of carbonyl (C=O) groups excluding carboxylic acids is 1. The number of nitrogens with two attached hydrogens (primary N) is 1. The molecular weight excluding hydrogens is 782 g/mol. The van der Waals surface area contributed by atoms with Crippen LogP contribution < -0.4 is 5.73 Å². The minimum absolute atomic E-state index is 0.0896. The van der Waals surface area contributed by atoms with Crippen molar-refractivity contribution >= 4 is 13.8 Å². The number of carbonyl (C=O) groups is 1. The van der Waals surface area contributed by atoms with Crippen LogP contribution in [0.25, 0.3) is 0 Å². The molecule has 9 heteroatoms. The zero-order valence-electron chi connectivity index (χ0n) is 40.9. The van der Waals surface area contributed by atoms with Crippen molar-refractivity contribution in [3.8, 4) is 0 Å². The van der Waals surface area contributed by atoms with E-state index in [1.807, 2.05) is 0 Å². The molecule has 0 saturated heterocycles. The number of phosphoric ester groups is 1. The molecule has 2 atom stereocenters. The summed E-state index contributed by atoms with van der Waals surface area (Å²) in [6.45, 7) is 5.02. The van der Waals surface area contributed by atoms with E-state index in [1.54, 1.807) is 0 Å². The van der Waals surface area contributed by atoms with Gasteiger partial charge in [0.1, 0.15) is 6.10 Å². The Hall–Kier alpha value is -0.500. The maximum absolute atomic E-state index is 12.7. The van der Waals surface area contributed by atoms with Crippen molar-refractivity contribution in [3.05, 3.63) is 0 Å². The van der Waals surface area contributed by atoms with Gasteiger partial charge in [0.25, 0.3) is 0 Å². The first-order chi connectivity index (χ1) is 29.9. The summed E-state index contributed by atoms with van der Waals surface area (Å²) in [5.74, 6) is -0.320. The van der Waals surface area contributed by atoms with E-state index in [0.717, 1.165) is 32.1 Å². The first-order valence-corrected chi connectivity index (χ1v) is 28.5. The SMILES string of the molecule is CCCCCCCCCCCCCCCCCCCCCCCCC(=O)O[C@H](COCCCCCCCCCCCCCCCCCCCCCC)COP(=O)(O)OCCN. The number of rotatable bonds is 53. The summed E-state index contributed by atoms with van der Waals surface area (Å²) in [5.41, 5.74) is 5.40. The lowest BCUT2D eigenvalue weighted by molar-refractivity contribution is -0.154. The monoisotopic (exact) mass is 888 g/mol. The quantitative estimate of drug-likeness (QED) is 0.0352. The van der Waals surface area contributed by atoms with Crippen molar-refractivity contribution in [1.29, 1.82) is 0 Å². The standard InChI is InChI=1S/C52H106NO7P/c1-3-5-7-9-11-13-15-17-19-21-23-25-26-27-29-31-33-35-37-39-41-43-45-52(54)60-51(50-59-61(55,56)58-48-46-53)49-57-47-44-42-40-38-36-34-32-30-28-24-22-20-18-16-14-12-10-8-6-4-2/h51H,3-50,53H2,1-2H3,(H,55,56)/t51-/m1/s1. The van der Waals surface area contributed by atoms with Gasteiger partial charge in [-0.25, -0.2) is 4.57 Å². The molecule has 1 unspecified atom stereocenters. The Kier molecular flexibility index (Phi) is 50.1. The molecule has 0 aromatic carbocycles. The third-order valence-corrected chi connectivity index (χ3v) is 13.3. The maximum atomic E-state index is 12.7. The average Bonchev–Trinajstić information content (AvgIpc) is 3.25. The zero-order chi connectivity index (χ0) is 44.4. The van der Waals surface area contributed by atoms with Gasteiger partial charge in [0.2, 0.25) is 0 Å². The van der Waals surface area contributed by atoms with Crippen molar-refractivity contribution in [2.24, 2.45) is 5.73 Å². The van der Waals surface area contributed by atoms with Crippen LogP contribution >= 0.6 is 7.82 Å². The summed E-state index contributed by atoms with van der Waals surface area (Å²) < 4.78 is 33.6. The van der Waals surface area contributed by atoms with Gasteiger partial charge in [-0.05, 0) is 12.8 Å². The van der Waals surface area contributed by atoms with Crippen molar-refractivity contribution in [1.82, 2.24) is 0 Å². The van der Waals surface area contributed by atoms with Gasteiger partial charge in [-0.2, -0.15) is 0 Å². The molecule has 0 fully saturated rings. The fourth-order valence-corrected chi connectivity index (χ4v) is 9.06. The summed E-state index contributed by atoms with van der Waals surface area (Å²) in [7, 11) is -4.28. The Bertz CT molecular complexity index is 909. The zero-order valence-corrected chi connectivity index (χ0v) is 41.8. The van der Waals surface area contributed by atoms with Gasteiger partial charge in [-0.3, -0.25) is 13.8 Å². The lowest BCUT2D eigenvalue weighted by Crippen LogP contribution is -2.28. The van der Waals surface area contributed by atoms with Gasteiger partial charge in [0.05, 0.1) is 19.8 Å². The highest BCUT2D eigenvalue weighted by molar-refractivity contribution is 7.47. The number of unbranched alkanes of at least 4 members (excludes halogenated alkanes) is 40. The largest absolute Gasteiger partial charge is 0.472 e. The van der Waals surface area contributed by atoms with Crippen LogP contribution in [0.4, 0.5) is 0 Å². The summed E-state index contributed by atoms with van der Waals surface area (Å²) in [4.78, 5) is 22.6. The van der Waals surface area contributed by atoms with Crippen molar-refractivity contribution in [3.63, 3.8) is 0 Å². The number of phosphoric acid groups is 1. The predicted molar refractivity (Wildman–Crippen MR) is 261 cm³/mol. The molecule has 0 rings (SSSR count). The summed E-state index contributed by atoms with van der Waals surface area (Å²) in [6.07, 6.45) is 55.7. The number of esters is 1. The first kappa shape index (κ1) is 60.5. The molecule has 0 aromatic rings. The molecule has 0 aliphatic carbocycles. The maximum Gasteiger partial charge on any atom is 0.472 e. The molecule has 0 amide bonds. The second-order valence-corrected chi connectivity index (χ2v) is 19.9. The Morgan fingerprint density at radius 1 is 0.426 bits per heavy atom. The summed E-state index contributed by atoms with van der Waals surface area (Å²) >= 11 is 0. The van der Waals surface area contributed by atoms with Crippen LogP contribution in [0.15, 0.2) is 0 Å².